The van der Waals surface area contributed by atoms with Crippen LogP contribution in [0, 0.1) is 12.8 Å². The normalized spacial score (nSPS) is 11.9. The Kier molecular flexibility index (Phi) is 7.43. The Morgan fingerprint density at radius 2 is 1.74 bits per heavy atom. The second-order valence-corrected chi connectivity index (χ2v) is 7.55. The van der Waals surface area contributed by atoms with Gasteiger partial charge >= 0.3 is 0 Å². The van der Waals surface area contributed by atoms with Gasteiger partial charge in [0, 0.05) is 16.3 Å². The maximum Gasteiger partial charge on any atom is 0.251 e. The topological polar surface area (TPSA) is 58.2 Å². The zero-order valence-electron chi connectivity index (χ0n) is 16.3. The van der Waals surface area contributed by atoms with Crippen molar-refractivity contribution in [1.82, 2.24) is 5.32 Å². The summed E-state index contributed by atoms with van der Waals surface area (Å²) in [5.41, 5.74) is 3.40. The lowest BCUT2D eigenvalue weighted by Crippen LogP contribution is -2.44. The van der Waals surface area contributed by atoms with Gasteiger partial charge in [-0.15, -0.1) is 0 Å². The molecule has 4 nitrogen and oxygen atoms in total. The standard InChI is InChI=1S/C22H27ClN2O2/c1-5-16-8-6-7-15(4)20(16)25-22(27)19(13-14(2)3)24-21(26)17-9-11-18(23)12-10-17/h6-12,14,19H,5,13H2,1-4H3,(H,24,26)(H,25,27)/t19-/m1/s1. The van der Waals surface area contributed by atoms with Gasteiger partial charge in [0.1, 0.15) is 6.04 Å². The fourth-order valence-electron chi connectivity index (χ4n) is 2.96. The van der Waals surface area contributed by atoms with Gasteiger partial charge in [0.2, 0.25) is 5.91 Å². The molecule has 0 bridgehead atoms. The van der Waals surface area contributed by atoms with Crippen LogP contribution in [0.2, 0.25) is 5.02 Å². The van der Waals surface area contributed by atoms with E-state index in [2.05, 4.69) is 17.6 Å². The highest BCUT2D eigenvalue weighted by atomic mass is 35.5. The van der Waals surface area contributed by atoms with Crippen LogP contribution >= 0.6 is 11.6 Å². The molecule has 2 rings (SSSR count). The van der Waals surface area contributed by atoms with Gasteiger partial charge in [-0.1, -0.05) is 50.6 Å². The van der Waals surface area contributed by atoms with Crippen LogP contribution in [0.15, 0.2) is 42.5 Å². The number of hydrogen-bond acceptors (Lipinski definition) is 2. The number of aryl methyl sites for hydroxylation is 2. The molecule has 5 heteroatoms. The van der Waals surface area contributed by atoms with Crippen molar-refractivity contribution in [2.24, 2.45) is 5.92 Å². The highest BCUT2D eigenvalue weighted by molar-refractivity contribution is 6.30. The second kappa shape index (κ2) is 9.56. The van der Waals surface area contributed by atoms with E-state index < -0.39 is 6.04 Å². The van der Waals surface area contributed by atoms with Crippen molar-refractivity contribution in [3.05, 3.63) is 64.2 Å². The molecule has 144 valence electrons. The summed E-state index contributed by atoms with van der Waals surface area (Å²) in [7, 11) is 0. The summed E-state index contributed by atoms with van der Waals surface area (Å²) < 4.78 is 0. The van der Waals surface area contributed by atoms with Gasteiger partial charge in [-0.05, 0) is 61.1 Å². The predicted octanol–water partition coefficient (Wildman–Crippen LogP) is 4.99. The minimum atomic E-state index is -0.613. The van der Waals surface area contributed by atoms with Crippen LogP contribution in [0.5, 0.6) is 0 Å². The number of anilines is 1. The van der Waals surface area contributed by atoms with E-state index in [1.807, 2.05) is 39.0 Å². The number of halogens is 1. The lowest BCUT2D eigenvalue weighted by atomic mass is 10.0. The van der Waals surface area contributed by atoms with Crippen molar-refractivity contribution in [1.29, 1.82) is 0 Å². The molecule has 0 spiro atoms. The van der Waals surface area contributed by atoms with Crippen LogP contribution in [0.1, 0.15) is 48.7 Å². The first-order valence-corrected chi connectivity index (χ1v) is 9.65. The Morgan fingerprint density at radius 3 is 2.33 bits per heavy atom. The quantitative estimate of drug-likeness (QED) is 0.703. The Hall–Kier alpha value is -2.33. The molecule has 2 aromatic carbocycles. The maximum absolute atomic E-state index is 12.9. The molecular weight excluding hydrogens is 360 g/mol. The van der Waals surface area contributed by atoms with E-state index >= 15 is 0 Å². The zero-order chi connectivity index (χ0) is 20.0. The SMILES string of the molecule is CCc1cccc(C)c1NC(=O)[C@@H](CC(C)C)NC(=O)c1ccc(Cl)cc1. The molecule has 0 radical (unpaired) electrons. The average Bonchev–Trinajstić information content (AvgIpc) is 2.62. The number of carbonyl (C=O) groups excluding carboxylic acids is 2. The number of amides is 2. The molecule has 2 amide bonds. The van der Waals surface area contributed by atoms with Crippen molar-refractivity contribution in [2.45, 2.75) is 46.6 Å². The van der Waals surface area contributed by atoms with Gasteiger partial charge in [0.05, 0.1) is 0 Å². The van der Waals surface area contributed by atoms with E-state index in [1.54, 1.807) is 24.3 Å². The van der Waals surface area contributed by atoms with Crippen LogP contribution < -0.4 is 10.6 Å². The van der Waals surface area contributed by atoms with Gasteiger partial charge in [0.25, 0.3) is 5.91 Å². The zero-order valence-corrected chi connectivity index (χ0v) is 17.1. The van der Waals surface area contributed by atoms with E-state index in [1.165, 1.54) is 0 Å². The predicted molar refractivity (Wildman–Crippen MR) is 111 cm³/mol. The number of nitrogens with one attached hydrogen (secondary N) is 2. The van der Waals surface area contributed by atoms with E-state index in [0.29, 0.717) is 17.0 Å². The van der Waals surface area contributed by atoms with Crippen LogP contribution in [0.4, 0.5) is 5.69 Å². The summed E-state index contributed by atoms with van der Waals surface area (Å²) in [6, 6.07) is 12.0. The monoisotopic (exact) mass is 386 g/mol. The van der Waals surface area contributed by atoms with Crippen LogP contribution in [0.25, 0.3) is 0 Å². The Balaban J connectivity index is 2.19. The molecule has 27 heavy (non-hydrogen) atoms. The highest BCUT2D eigenvalue weighted by Crippen LogP contribution is 2.22. The van der Waals surface area contributed by atoms with E-state index in [-0.39, 0.29) is 17.7 Å². The Bertz CT molecular complexity index is 800. The van der Waals surface area contributed by atoms with Crippen molar-refractivity contribution < 1.29 is 9.59 Å². The first-order chi connectivity index (χ1) is 12.8. The average molecular weight is 387 g/mol. The maximum atomic E-state index is 12.9. The van der Waals surface area contributed by atoms with Crippen LogP contribution in [0.3, 0.4) is 0 Å². The van der Waals surface area contributed by atoms with E-state index in [0.717, 1.165) is 23.2 Å². The molecule has 0 aliphatic carbocycles. The largest absolute Gasteiger partial charge is 0.340 e. The smallest absolute Gasteiger partial charge is 0.251 e. The summed E-state index contributed by atoms with van der Waals surface area (Å²) in [5.74, 6) is -0.225. The Labute approximate surface area is 166 Å². The third kappa shape index (κ3) is 5.83. The number of rotatable bonds is 7. The molecule has 0 heterocycles. The summed E-state index contributed by atoms with van der Waals surface area (Å²) in [6.45, 7) is 8.08. The lowest BCUT2D eigenvalue weighted by Gasteiger charge is -2.22. The summed E-state index contributed by atoms with van der Waals surface area (Å²) >= 11 is 5.88. The van der Waals surface area contributed by atoms with Crippen molar-refractivity contribution in [2.75, 3.05) is 5.32 Å². The van der Waals surface area contributed by atoms with Crippen molar-refractivity contribution >= 4 is 29.1 Å². The minimum Gasteiger partial charge on any atom is -0.340 e. The molecule has 0 aliphatic heterocycles. The first-order valence-electron chi connectivity index (χ1n) is 9.27. The van der Waals surface area contributed by atoms with E-state index in [4.69, 9.17) is 11.6 Å². The molecule has 0 aliphatic rings. The number of carbonyl (C=O) groups is 2. The van der Waals surface area contributed by atoms with Crippen molar-refractivity contribution in [3.8, 4) is 0 Å². The minimum absolute atomic E-state index is 0.199. The number of benzene rings is 2. The number of para-hydroxylation sites is 1. The summed E-state index contributed by atoms with van der Waals surface area (Å²) in [6.07, 6.45) is 1.38. The fourth-order valence-corrected chi connectivity index (χ4v) is 3.08. The van der Waals surface area contributed by atoms with Crippen molar-refractivity contribution in [3.63, 3.8) is 0 Å². The third-order valence-electron chi connectivity index (χ3n) is 4.42. The summed E-state index contributed by atoms with van der Waals surface area (Å²) in [5, 5.41) is 6.46. The van der Waals surface area contributed by atoms with Crippen LogP contribution in [-0.2, 0) is 11.2 Å². The van der Waals surface area contributed by atoms with Gasteiger partial charge in [0.15, 0.2) is 0 Å². The van der Waals surface area contributed by atoms with Gasteiger partial charge < -0.3 is 10.6 Å². The lowest BCUT2D eigenvalue weighted by molar-refractivity contribution is -0.118. The van der Waals surface area contributed by atoms with Gasteiger partial charge in [-0.2, -0.15) is 0 Å². The molecule has 0 fully saturated rings. The molecule has 2 N–H and O–H groups in total. The molecule has 0 unspecified atom stereocenters. The Morgan fingerprint density at radius 1 is 1.07 bits per heavy atom. The van der Waals surface area contributed by atoms with Gasteiger partial charge in [-0.3, -0.25) is 9.59 Å². The number of hydrogen-bond donors (Lipinski definition) is 2. The molecular formula is C22H27ClN2O2. The van der Waals surface area contributed by atoms with E-state index in [9.17, 15) is 9.59 Å². The summed E-state index contributed by atoms with van der Waals surface area (Å²) in [4.78, 5) is 25.5. The van der Waals surface area contributed by atoms with Crippen LogP contribution in [-0.4, -0.2) is 17.9 Å². The first kappa shape index (κ1) is 21.0. The molecule has 0 saturated heterocycles. The molecule has 0 aromatic heterocycles. The molecule has 2 aromatic rings. The molecule has 0 saturated carbocycles. The third-order valence-corrected chi connectivity index (χ3v) is 4.68. The highest BCUT2D eigenvalue weighted by Gasteiger charge is 2.23. The second-order valence-electron chi connectivity index (χ2n) is 7.11. The van der Waals surface area contributed by atoms with Gasteiger partial charge in [-0.25, -0.2) is 0 Å². The fraction of sp³-hybridized carbons (Fsp3) is 0.364. The molecule has 1 atom stereocenters.